The van der Waals surface area contributed by atoms with Crippen molar-refractivity contribution in [3.05, 3.63) is 12.4 Å². The van der Waals surface area contributed by atoms with Crippen LogP contribution in [0.4, 0.5) is 5.69 Å². The second-order valence-corrected chi connectivity index (χ2v) is 5.32. The highest BCUT2D eigenvalue weighted by Crippen LogP contribution is 2.19. The van der Waals surface area contributed by atoms with Crippen LogP contribution in [-0.2, 0) is 9.53 Å². The van der Waals surface area contributed by atoms with Crippen LogP contribution < -0.4 is 10.6 Å². The molecule has 1 saturated heterocycles. The normalized spacial score (nSPS) is 17.9. The number of nitrogens with zero attached hydrogens (tertiary/aromatic N) is 2. The SMILES string of the molecule is COC(C)CCC(=O)Nc1cnn(C2CCNCC2)c1. The maximum Gasteiger partial charge on any atom is 0.224 e. The first-order valence-corrected chi connectivity index (χ1v) is 7.26. The van der Waals surface area contributed by atoms with Gasteiger partial charge in [-0.2, -0.15) is 5.10 Å². The quantitative estimate of drug-likeness (QED) is 0.830. The predicted octanol–water partition coefficient (Wildman–Crippen LogP) is 1.56. The number of ether oxygens (including phenoxy) is 1. The first-order valence-electron chi connectivity index (χ1n) is 7.26. The van der Waals surface area contributed by atoms with Gasteiger partial charge in [-0.25, -0.2) is 0 Å². The standard InChI is InChI=1S/C14H24N4O2/c1-11(20-2)3-4-14(19)17-12-9-16-18(10-12)13-5-7-15-8-6-13/h9-11,13,15H,3-8H2,1-2H3,(H,17,19). The first kappa shape index (κ1) is 15.0. The van der Waals surface area contributed by atoms with Crippen molar-refractivity contribution in [2.75, 3.05) is 25.5 Å². The van der Waals surface area contributed by atoms with Gasteiger partial charge in [-0.3, -0.25) is 9.48 Å². The summed E-state index contributed by atoms with van der Waals surface area (Å²) in [6.07, 6.45) is 7.12. The van der Waals surface area contributed by atoms with Gasteiger partial charge in [-0.15, -0.1) is 0 Å². The average molecular weight is 280 g/mol. The molecule has 0 saturated carbocycles. The lowest BCUT2D eigenvalue weighted by atomic mass is 10.1. The topological polar surface area (TPSA) is 68.2 Å². The van der Waals surface area contributed by atoms with Gasteiger partial charge in [-0.05, 0) is 39.3 Å². The van der Waals surface area contributed by atoms with Gasteiger partial charge in [0, 0.05) is 19.7 Å². The maximum atomic E-state index is 11.8. The van der Waals surface area contributed by atoms with Crippen LogP contribution in [0.25, 0.3) is 0 Å². The molecule has 1 aromatic heterocycles. The summed E-state index contributed by atoms with van der Waals surface area (Å²) in [5.74, 6) is 0.0127. The fourth-order valence-corrected chi connectivity index (χ4v) is 2.35. The van der Waals surface area contributed by atoms with E-state index in [1.807, 2.05) is 17.8 Å². The lowest BCUT2D eigenvalue weighted by Gasteiger charge is -2.22. The molecule has 0 bridgehead atoms. The zero-order valence-corrected chi connectivity index (χ0v) is 12.3. The van der Waals surface area contributed by atoms with Crippen LogP contribution in [0.2, 0.25) is 0 Å². The Labute approximate surface area is 119 Å². The average Bonchev–Trinajstić information content (AvgIpc) is 2.94. The summed E-state index contributed by atoms with van der Waals surface area (Å²) in [6.45, 7) is 4.02. The van der Waals surface area contributed by atoms with Gasteiger partial charge in [0.15, 0.2) is 0 Å². The van der Waals surface area contributed by atoms with Crippen LogP contribution in [0.5, 0.6) is 0 Å². The molecule has 6 nitrogen and oxygen atoms in total. The number of methoxy groups -OCH3 is 1. The number of hydrogen-bond acceptors (Lipinski definition) is 4. The molecule has 20 heavy (non-hydrogen) atoms. The highest BCUT2D eigenvalue weighted by atomic mass is 16.5. The molecular formula is C14H24N4O2. The number of carbonyl (C=O) groups is 1. The number of nitrogens with one attached hydrogen (secondary N) is 2. The van der Waals surface area contributed by atoms with E-state index in [0.717, 1.165) is 38.0 Å². The van der Waals surface area contributed by atoms with E-state index < -0.39 is 0 Å². The van der Waals surface area contributed by atoms with Crippen molar-refractivity contribution in [3.8, 4) is 0 Å². The van der Waals surface area contributed by atoms with Crippen LogP contribution in [0.1, 0.15) is 38.6 Å². The molecule has 0 aliphatic carbocycles. The molecule has 1 unspecified atom stereocenters. The minimum absolute atomic E-state index is 0.0127. The van der Waals surface area contributed by atoms with Crippen molar-refractivity contribution < 1.29 is 9.53 Å². The second kappa shape index (κ2) is 7.40. The highest BCUT2D eigenvalue weighted by molar-refractivity contribution is 5.90. The van der Waals surface area contributed by atoms with Gasteiger partial charge >= 0.3 is 0 Å². The van der Waals surface area contributed by atoms with Gasteiger partial charge in [0.05, 0.1) is 24.0 Å². The van der Waals surface area contributed by atoms with E-state index in [1.165, 1.54) is 0 Å². The van der Waals surface area contributed by atoms with Crippen LogP contribution >= 0.6 is 0 Å². The van der Waals surface area contributed by atoms with Crippen molar-refractivity contribution >= 4 is 11.6 Å². The smallest absolute Gasteiger partial charge is 0.224 e. The van der Waals surface area contributed by atoms with Crippen LogP contribution in [-0.4, -0.2) is 42.0 Å². The molecule has 112 valence electrons. The van der Waals surface area contributed by atoms with E-state index in [1.54, 1.807) is 13.3 Å². The van der Waals surface area contributed by atoms with Gasteiger partial charge in [0.2, 0.25) is 5.91 Å². The van der Waals surface area contributed by atoms with E-state index in [2.05, 4.69) is 15.7 Å². The third kappa shape index (κ3) is 4.31. The third-order valence-electron chi connectivity index (χ3n) is 3.75. The predicted molar refractivity (Wildman–Crippen MR) is 77.7 cm³/mol. The summed E-state index contributed by atoms with van der Waals surface area (Å²) < 4.78 is 7.10. The fraction of sp³-hybridized carbons (Fsp3) is 0.714. The molecule has 2 N–H and O–H groups in total. The molecule has 1 aromatic rings. The molecule has 1 fully saturated rings. The number of rotatable bonds is 6. The Hall–Kier alpha value is -1.40. The first-order chi connectivity index (χ1) is 9.69. The number of hydrogen-bond donors (Lipinski definition) is 2. The van der Waals surface area contributed by atoms with E-state index in [4.69, 9.17) is 4.74 Å². The Morgan fingerprint density at radius 1 is 1.60 bits per heavy atom. The molecule has 0 aromatic carbocycles. The van der Waals surface area contributed by atoms with Crippen molar-refractivity contribution in [2.45, 2.75) is 44.8 Å². The van der Waals surface area contributed by atoms with Crippen molar-refractivity contribution in [1.82, 2.24) is 15.1 Å². The lowest BCUT2D eigenvalue weighted by molar-refractivity contribution is -0.116. The molecule has 0 radical (unpaired) electrons. The number of amides is 1. The lowest BCUT2D eigenvalue weighted by Crippen LogP contribution is -2.29. The van der Waals surface area contributed by atoms with Gasteiger partial charge in [0.1, 0.15) is 0 Å². The molecule has 6 heteroatoms. The molecule has 2 rings (SSSR count). The van der Waals surface area contributed by atoms with E-state index >= 15 is 0 Å². The summed E-state index contributed by atoms with van der Waals surface area (Å²) in [6, 6.07) is 0.440. The van der Waals surface area contributed by atoms with Gasteiger partial charge in [-0.1, -0.05) is 0 Å². The number of anilines is 1. The number of aromatic nitrogens is 2. The monoisotopic (exact) mass is 280 g/mol. The van der Waals surface area contributed by atoms with E-state index in [9.17, 15) is 4.79 Å². The Kier molecular flexibility index (Phi) is 5.55. The molecule has 1 aliphatic heterocycles. The summed E-state index contributed by atoms with van der Waals surface area (Å²) in [4.78, 5) is 11.8. The maximum absolute atomic E-state index is 11.8. The summed E-state index contributed by atoms with van der Waals surface area (Å²) >= 11 is 0. The molecule has 0 spiro atoms. The second-order valence-electron chi connectivity index (χ2n) is 5.32. The number of piperidine rings is 1. The fourth-order valence-electron chi connectivity index (χ4n) is 2.35. The molecule has 1 aliphatic rings. The Morgan fingerprint density at radius 3 is 3.05 bits per heavy atom. The largest absolute Gasteiger partial charge is 0.382 e. The third-order valence-corrected chi connectivity index (χ3v) is 3.75. The Bertz CT molecular complexity index is 427. The van der Waals surface area contributed by atoms with Gasteiger partial charge < -0.3 is 15.4 Å². The molecule has 1 atom stereocenters. The van der Waals surface area contributed by atoms with Gasteiger partial charge in [0.25, 0.3) is 0 Å². The van der Waals surface area contributed by atoms with E-state index in [-0.39, 0.29) is 12.0 Å². The minimum Gasteiger partial charge on any atom is -0.382 e. The summed E-state index contributed by atoms with van der Waals surface area (Å²) in [5.41, 5.74) is 0.776. The Morgan fingerprint density at radius 2 is 2.35 bits per heavy atom. The summed E-state index contributed by atoms with van der Waals surface area (Å²) in [5, 5.41) is 10.6. The molecule has 1 amide bonds. The highest BCUT2D eigenvalue weighted by Gasteiger charge is 2.16. The summed E-state index contributed by atoms with van der Waals surface area (Å²) in [7, 11) is 1.66. The van der Waals surface area contributed by atoms with Crippen molar-refractivity contribution in [2.24, 2.45) is 0 Å². The van der Waals surface area contributed by atoms with Crippen molar-refractivity contribution in [1.29, 1.82) is 0 Å². The van der Waals surface area contributed by atoms with Crippen LogP contribution in [0.15, 0.2) is 12.4 Å². The molecule has 2 heterocycles. The van der Waals surface area contributed by atoms with Crippen LogP contribution in [0.3, 0.4) is 0 Å². The zero-order chi connectivity index (χ0) is 14.4. The number of carbonyl (C=O) groups excluding carboxylic acids is 1. The minimum atomic E-state index is 0.0127. The Balaban J connectivity index is 1.81. The van der Waals surface area contributed by atoms with E-state index in [0.29, 0.717) is 12.5 Å². The van der Waals surface area contributed by atoms with Crippen molar-refractivity contribution in [3.63, 3.8) is 0 Å². The molecular weight excluding hydrogens is 256 g/mol. The van der Waals surface area contributed by atoms with Crippen LogP contribution in [0, 0.1) is 0 Å². The zero-order valence-electron chi connectivity index (χ0n) is 12.3.